The van der Waals surface area contributed by atoms with Crippen molar-refractivity contribution in [3.05, 3.63) is 47.3 Å². The molecular weight excluding hydrogens is 252 g/mol. The van der Waals surface area contributed by atoms with Gasteiger partial charge in [0.25, 0.3) is 0 Å². The van der Waals surface area contributed by atoms with Crippen LogP contribution in [-0.4, -0.2) is 22.0 Å². The Bertz CT molecular complexity index is 588. The third-order valence-corrected chi connectivity index (χ3v) is 3.61. The minimum Gasteiger partial charge on any atom is -0.497 e. The lowest BCUT2D eigenvalue weighted by atomic mass is 9.91. The monoisotopic (exact) mass is 274 g/mol. The third-order valence-electron chi connectivity index (χ3n) is 3.61. The Kier molecular flexibility index (Phi) is 4.14. The maximum Gasteiger partial charge on any atom is 0.119 e. The summed E-state index contributed by atoms with van der Waals surface area (Å²) in [6.07, 6.45) is 1.42. The van der Waals surface area contributed by atoms with Gasteiger partial charge in [0, 0.05) is 19.2 Å². The Morgan fingerprint density at radius 2 is 2.10 bits per heavy atom. The standard InChI is InChI=1S/C16H22N2O2/c1-5-13-10-14(18(3)17-13)11-16(2,19)12-7-6-8-15(9-12)20-4/h6-10,19H,5,11H2,1-4H3. The average Bonchev–Trinajstić information content (AvgIpc) is 2.79. The summed E-state index contributed by atoms with van der Waals surface area (Å²) in [7, 11) is 3.54. The normalized spacial score (nSPS) is 14.1. The molecule has 1 aromatic heterocycles. The van der Waals surface area contributed by atoms with E-state index in [9.17, 15) is 5.11 Å². The van der Waals surface area contributed by atoms with E-state index in [0.29, 0.717) is 6.42 Å². The largest absolute Gasteiger partial charge is 0.497 e. The molecule has 0 saturated carbocycles. The molecular formula is C16H22N2O2. The first-order chi connectivity index (χ1) is 9.46. The molecule has 0 spiro atoms. The quantitative estimate of drug-likeness (QED) is 0.911. The first kappa shape index (κ1) is 14.6. The van der Waals surface area contributed by atoms with E-state index in [0.717, 1.165) is 29.1 Å². The molecule has 20 heavy (non-hydrogen) atoms. The average molecular weight is 274 g/mol. The number of aliphatic hydroxyl groups is 1. The molecule has 0 aliphatic heterocycles. The van der Waals surface area contributed by atoms with Crippen LogP contribution in [-0.2, 0) is 25.5 Å². The van der Waals surface area contributed by atoms with Crippen molar-refractivity contribution < 1.29 is 9.84 Å². The highest BCUT2D eigenvalue weighted by molar-refractivity contribution is 5.33. The van der Waals surface area contributed by atoms with E-state index in [4.69, 9.17) is 4.74 Å². The van der Waals surface area contributed by atoms with Gasteiger partial charge in [-0.25, -0.2) is 0 Å². The first-order valence-corrected chi connectivity index (χ1v) is 6.85. The van der Waals surface area contributed by atoms with E-state index < -0.39 is 5.60 Å². The van der Waals surface area contributed by atoms with Crippen LogP contribution >= 0.6 is 0 Å². The van der Waals surface area contributed by atoms with E-state index in [1.807, 2.05) is 42.9 Å². The van der Waals surface area contributed by atoms with Gasteiger partial charge < -0.3 is 9.84 Å². The Morgan fingerprint density at radius 1 is 1.35 bits per heavy atom. The highest BCUT2D eigenvalue weighted by Crippen LogP contribution is 2.28. The zero-order valence-electron chi connectivity index (χ0n) is 12.6. The molecule has 1 N–H and O–H groups in total. The van der Waals surface area contributed by atoms with Crippen molar-refractivity contribution in [1.29, 1.82) is 0 Å². The van der Waals surface area contributed by atoms with Crippen LogP contribution in [0.3, 0.4) is 0 Å². The zero-order valence-corrected chi connectivity index (χ0v) is 12.6. The molecule has 1 unspecified atom stereocenters. The molecule has 1 atom stereocenters. The Balaban J connectivity index is 2.27. The van der Waals surface area contributed by atoms with E-state index in [-0.39, 0.29) is 0 Å². The topological polar surface area (TPSA) is 47.3 Å². The molecule has 0 radical (unpaired) electrons. The second-order valence-electron chi connectivity index (χ2n) is 5.29. The van der Waals surface area contributed by atoms with Crippen LogP contribution in [0, 0.1) is 0 Å². The van der Waals surface area contributed by atoms with Crippen LogP contribution in [0.25, 0.3) is 0 Å². The maximum atomic E-state index is 10.8. The molecule has 1 heterocycles. The summed E-state index contributed by atoms with van der Waals surface area (Å²) in [4.78, 5) is 0. The number of aromatic nitrogens is 2. The van der Waals surface area contributed by atoms with Crippen molar-refractivity contribution in [3.63, 3.8) is 0 Å². The summed E-state index contributed by atoms with van der Waals surface area (Å²) < 4.78 is 7.06. The number of ether oxygens (including phenoxy) is 1. The Labute approximate surface area is 120 Å². The minimum absolute atomic E-state index is 0.518. The smallest absolute Gasteiger partial charge is 0.119 e. The van der Waals surface area contributed by atoms with Gasteiger partial charge >= 0.3 is 0 Å². The summed E-state index contributed by atoms with van der Waals surface area (Å²) in [5, 5.41) is 15.2. The highest BCUT2D eigenvalue weighted by Gasteiger charge is 2.25. The van der Waals surface area contributed by atoms with E-state index in [2.05, 4.69) is 18.1 Å². The first-order valence-electron chi connectivity index (χ1n) is 6.85. The fourth-order valence-electron chi connectivity index (χ4n) is 2.32. The number of hydrogen-bond donors (Lipinski definition) is 1. The van der Waals surface area contributed by atoms with Crippen molar-refractivity contribution in [2.75, 3.05) is 7.11 Å². The van der Waals surface area contributed by atoms with Gasteiger partial charge in [-0.05, 0) is 37.1 Å². The van der Waals surface area contributed by atoms with Crippen molar-refractivity contribution in [3.8, 4) is 5.75 Å². The van der Waals surface area contributed by atoms with Crippen molar-refractivity contribution >= 4 is 0 Å². The summed E-state index contributed by atoms with van der Waals surface area (Å²) in [6.45, 7) is 3.90. The molecule has 0 aliphatic carbocycles. The number of aryl methyl sites for hydroxylation is 2. The van der Waals surface area contributed by atoms with Crippen molar-refractivity contribution in [1.82, 2.24) is 9.78 Å². The molecule has 0 saturated heterocycles. The second kappa shape index (κ2) is 5.67. The lowest BCUT2D eigenvalue weighted by Crippen LogP contribution is -2.25. The fourth-order valence-corrected chi connectivity index (χ4v) is 2.32. The lowest BCUT2D eigenvalue weighted by molar-refractivity contribution is 0.0554. The van der Waals surface area contributed by atoms with Gasteiger partial charge in [-0.1, -0.05) is 19.1 Å². The summed E-state index contributed by atoms with van der Waals surface area (Å²) in [5.41, 5.74) is 1.96. The fraction of sp³-hybridized carbons (Fsp3) is 0.438. The predicted octanol–water partition coefficient (Wildman–Crippen LogP) is 2.44. The molecule has 0 fully saturated rings. The predicted molar refractivity (Wildman–Crippen MR) is 78.9 cm³/mol. The van der Waals surface area contributed by atoms with Gasteiger partial charge in [-0.2, -0.15) is 5.10 Å². The van der Waals surface area contributed by atoms with Crippen LogP contribution in [0.2, 0.25) is 0 Å². The van der Waals surface area contributed by atoms with Crippen molar-refractivity contribution in [2.24, 2.45) is 7.05 Å². The van der Waals surface area contributed by atoms with Gasteiger partial charge in [-0.3, -0.25) is 4.68 Å². The van der Waals surface area contributed by atoms with Crippen LogP contribution in [0.1, 0.15) is 30.8 Å². The van der Waals surface area contributed by atoms with Gasteiger partial charge in [0.15, 0.2) is 0 Å². The molecule has 1 aromatic carbocycles. The molecule has 108 valence electrons. The molecule has 2 aromatic rings. The van der Waals surface area contributed by atoms with Crippen LogP contribution < -0.4 is 4.74 Å². The van der Waals surface area contributed by atoms with Crippen LogP contribution in [0.5, 0.6) is 5.75 Å². The molecule has 4 nitrogen and oxygen atoms in total. The Hall–Kier alpha value is -1.81. The van der Waals surface area contributed by atoms with Gasteiger partial charge in [0.05, 0.1) is 18.4 Å². The van der Waals surface area contributed by atoms with E-state index >= 15 is 0 Å². The maximum absolute atomic E-state index is 10.8. The van der Waals surface area contributed by atoms with Gasteiger partial charge in [-0.15, -0.1) is 0 Å². The molecule has 0 aliphatic rings. The molecule has 2 rings (SSSR count). The third kappa shape index (κ3) is 3.02. The lowest BCUT2D eigenvalue weighted by Gasteiger charge is -2.24. The minimum atomic E-state index is -0.951. The SMILES string of the molecule is CCc1cc(CC(C)(O)c2cccc(OC)c2)n(C)n1. The summed E-state index contributed by atoms with van der Waals surface area (Å²) in [5.74, 6) is 0.752. The van der Waals surface area contributed by atoms with E-state index in [1.54, 1.807) is 7.11 Å². The number of rotatable bonds is 5. The van der Waals surface area contributed by atoms with Crippen LogP contribution in [0.15, 0.2) is 30.3 Å². The number of benzene rings is 1. The highest BCUT2D eigenvalue weighted by atomic mass is 16.5. The van der Waals surface area contributed by atoms with Gasteiger partial charge in [0.2, 0.25) is 0 Å². The van der Waals surface area contributed by atoms with Gasteiger partial charge in [0.1, 0.15) is 5.75 Å². The zero-order chi connectivity index (χ0) is 14.8. The summed E-state index contributed by atoms with van der Waals surface area (Å²) in [6, 6.07) is 9.60. The molecule has 0 bridgehead atoms. The molecule has 0 amide bonds. The van der Waals surface area contributed by atoms with Crippen molar-refractivity contribution in [2.45, 2.75) is 32.3 Å². The number of hydrogen-bond acceptors (Lipinski definition) is 3. The number of methoxy groups -OCH3 is 1. The molecule has 4 heteroatoms. The van der Waals surface area contributed by atoms with Crippen LogP contribution in [0.4, 0.5) is 0 Å². The number of nitrogens with zero attached hydrogens (tertiary/aromatic N) is 2. The Morgan fingerprint density at radius 3 is 2.70 bits per heavy atom. The second-order valence-corrected chi connectivity index (χ2v) is 5.29. The summed E-state index contributed by atoms with van der Waals surface area (Å²) >= 11 is 0. The van der Waals surface area contributed by atoms with E-state index in [1.165, 1.54) is 0 Å².